The van der Waals surface area contributed by atoms with Crippen LogP contribution in [-0.4, -0.2) is 29.7 Å². The molecule has 0 atom stereocenters. The Morgan fingerprint density at radius 1 is 0.862 bits per heavy atom. The summed E-state index contributed by atoms with van der Waals surface area (Å²) >= 11 is 1.46. The summed E-state index contributed by atoms with van der Waals surface area (Å²) in [5.74, 6) is 1.92. The van der Waals surface area contributed by atoms with Crippen LogP contribution < -0.4 is 11.5 Å². The molecule has 0 unspecified atom stereocenters. The Labute approximate surface area is 172 Å². The van der Waals surface area contributed by atoms with Gasteiger partial charge in [0.1, 0.15) is 5.82 Å². The molecule has 4 aromatic rings. The first-order valence-electron chi connectivity index (χ1n) is 8.98. The largest absolute Gasteiger partial charge is 0.368 e. The highest BCUT2D eigenvalue weighted by molar-refractivity contribution is 7.98. The van der Waals surface area contributed by atoms with Gasteiger partial charge in [0.2, 0.25) is 11.9 Å². The molecule has 4 rings (SSSR count). The second-order valence-corrected chi connectivity index (χ2v) is 7.48. The number of nitrogen functional groups attached to an aromatic ring is 2. The van der Waals surface area contributed by atoms with E-state index in [1.165, 1.54) is 22.9 Å². The second kappa shape index (κ2) is 7.88. The van der Waals surface area contributed by atoms with Crippen molar-refractivity contribution >= 4 is 23.7 Å². The number of hydrogen-bond donors (Lipinski definition) is 2. The SMILES string of the molecule is Cc1ccc(-n2c(SCc3nc(N)nc(N)n3)nnc2-c2ccccc2)cc1C. The van der Waals surface area contributed by atoms with Crippen LogP contribution in [-0.2, 0) is 5.75 Å². The average molecular weight is 405 g/mol. The highest BCUT2D eigenvalue weighted by Gasteiger charge is 2.17. The summed E-state index contributed by atoms with van der Waals surface area (Å²) in [7, 11) is 0. The van der Waals surface area contributed by atoms with Gasteiger partial charge in [0.15, 0.2) is 11.0 Å². The standard InChI is InChI=1S/C20H20N8S/c1-12-8-9-15(10-13(12)2)28-17(14-6-4-3-5-7-14)26-27-20(28)29-11-16-23-18(21)25-19(22)24-16/h3-10H,11H2,1-2H3,(H4,21,22,23,24,25). The molecule has 2 aromatic heterocycles. The second-order valence-electron chi connectivity index (χ2n) is 6.53. The molecular weight excluding hydrogens is 384 g/mol. The van der Waals surface area contributed by atoms with Crippen molar-refractivity contribution in [3.63, 3.8) is 0 Å². The topological polar surface area (TPSA) is 121 Å². The van der Waals surface area contributed by atoms with Gasteiger partial charge in [-0.2, -0.15) is 15.0 Å². The smallest absolute Gasteiger partial charge is 0.225 e. The highest BCUT2D eigenvalue weighted by Crippen LogP contribution is 2.30. The molecule has 0 aliphatic rings. The van der Waals surface area contributed by atoms with Gasteiger partial charge in [0.05, 0.1) is 11.4 Å². The maximum atomic E-state index is 5.68. The third-order valence-corrected chi connectivity index (χ3v) is 5.39. The normalized spacial score (nSPS) is 11.0. The van der Waals surface area contributed by atoms with Crippen molar-refractivity contribution in [3.05, 3.63) is 65.5 Å². The lowest BCUT2D eigenvalue weighted by Crippen LogP contribution is -2.06. The first kappa shape index (κ1) is 18.9. The molecule has 0 spiro atoms. The fourth-order valence-electron chi connectivity index (χ4n) is 2.89. The number of thioether (sulfide) groups is 1. The number of benzene rings is 2. The van der Waals surface area contributed by atoms with E-state index in [4.69, 9.17) is 11.5 Å². The Balaban J connectivity index is 1.75. The number of nitrogens with two attached hydrogens (primary N) is 2. The van der Waals surface area contributed by atoms with Gasteiger partial charge in [-0.1, -0.05) is 48.2 Å². The molecule has 0 aliphatic carbocycles. The monoisotopic (exact) mass is 404 g/mol. The van der Waals surface area contributed by atoms with Gasteiger partial charge in [-0.3, -0.25) is 4.57 Å². The van der Waals surface area contributed by atoms with Gasteiger partial charge in [0.25, 0.3) is 0 Å². The molecule has 4 N–H and O–H groups in total. The predicted octanol–water partition coefficient (Wildman–Crippen LogP) is 3.19. The van der Waals surface area contributed by atoms with Crippen molar-refractivity contribution in [1.29, 1.82) is 0 Å². The van der Waals surface area contributed by atoms with E-state index in [2.05, 4.69) is 57.2 Å². The molecule has 29 heavy (non-hydrogen) atoms. The fourth-order valence-corrected chi connectivity index (χ4v) is 3.69. The first-order valence-corrected chi connectivity index (χ1v) is 9.97. The number of anilines is 2. The van der Waals surface area contributed by atoms with Crippen molar-refractivity contribution in [2.75, 3.05) is 11.5 Å². The average Bonchev–Trinajstić information content (AvgIpc) is 3.12. The van der Waals surface area contributed by atoms with Gasteiger partial charge in [-0.15, -0.1) is 10.2 Å². The van der Waals surface area contributed by atoms with Crippen LogP contribution in [0.3, 0.4) is 0 Å². The number of rotatable bonds is 5. The van der Waals surface area contributed by atoms with Crippen molar-refractivity contribution < 1.29 is 0 Å². The molecule has 0 aliphatic heterocycles. The number of aryl methyl sites for hydroxylation is 2. The summed E-state index contributed by atoms with van der Waals surface area (Å²) in [5, 5.41) is 9.60. The van der Waals surface area contributed by atoms with E-state index in [0.717, 1.165) is 22.2 Å². The molecule has 146 valence electrons. The van der Waals surface area contributed by atoms with Crippen molar-refractivity contribution in [2.45, 2.75) is 24.8 Å². The van der Waals surface area contributed by atoms with Crippen LogP contribution in [0.15, 0.2) is 53.7 Å². The molecule has 0 amide bonds. The van der Waals surface area contributed by atoms with E-state index in [-0.39, 0.29) is 11.9 Å². The van der Waals surface area contributed by atoms with E-state index in [9.17, 15) is 0 Å². The van der Waals surface area contributed by atoms with Crippen LogP contribution >= 0.6 is 11.8 Å². The molecular formula is C20H20N8S. The number of aromatic nitrogens is 6. The van der Waals surface area contributed by atoms with E-state index >= 15 is 0 Å². The zero-order chi connectivity index (χ0) is 20.4. The van der Waals surface area contributed by atoms with Gasteiger partial charge in [0, 0.05) is 5.56 Å². The Morgan fingerprint density at radius 3 is 2.28 bits per heavy atom. The third-order valence-electron chi connectivity index (χ3n) is 4.46. The first-order chi connectivity index (χ1) is 14.0. The minimum Gasteiger partial charge on any atom is -0.368 e. The van der Waals surface area contributed by atoms with Crippen LogP contribution in [0.1, 0.15) is 17.0 Å². The van der Waals surface area contributed by atoms with Gasteiger partial charge in [-0.25, -0.2) is 0 Å². The molecule has 0 bridgehead atoms. The lowest BCUT2D eigenvalue weighted by atomic mass is 10.1. The van der Waals surface area contributed by atoms with Crippen LogP contribution in [0.4, 0.5) is 11.9 Å². The van der Waals surface area contributed by atoms with Crippen molar-refractivity contribution in [3.8, 4) is 17.1 Å². The molecule has 2 aromatic carbocycles. The highest BCUT2D eigenvalue weighted by atomic mass is 32.2. The van der Waals surface area contributed by atoms with Crippen LogP contribution in [0, 0.1) is 13.8 Å². The van der Waals surface area contributed by atoms with E-state index in [1.54, 1.807) is 0 Å². The predicted molar refractivity (Wildman–Crippen MR) is 114 cm³/mol. The van der Waals surface area contributed by atoms with Gasteiger partial charge < -0.3 is 11.5 Å². The molecule has 9 heteroatoms. The molecule has 0 radical (unpaired) electrons. The number of nitrogens with zero attached hydrogens (tertiary/aromatic N) is 6. The van der Waals surface area contributed by atoms with Crippen LogP contribution in [0.2, 0.25) is 0 Å². The lowest BCUT2D eigenvalue weighted by molar-refractivity contribution is 0.880. The van der Waals surface area contributed by atoms with Crippen molar-refractivity contribution in [1.82, 2.24) is 29.7 Å². The summed E-state index contributed by atoms with van der Waals surface area (Å²) in [5.41, 5.74) is 15.8. The summed E-state index contributed by atoms with van der Waals surface area (Å²) < 4.78 is 2.04. The minimum atomic E-state index is 0.105. The number of hydrogen-bond acceptors (Lipinski definition) is 8. The van der Waals surface area contributed by atoms with Crippen LogP contribution in [0.25, 0.3) is 17.1 Å². The Morgan fingerprint density at radius 2 is 1.59 bits per heavy atom. The summed E-state index contributed by atoms with van der Waals surface area (Å²) in [6, 6.07) is 16.3. The summed E-state index contributed by atoms with van der Waals surface area (Å²) in [4.78, 5) is 12.1. The zero-order valence-electron chi connectivity index (χ0n) is 16.1. The van der Waals surface area contributed by atoms with E-state index in [0.29, 0.717) is 11.6 Å². The Bertz CT molecular complexity index is 1140. The van der Waals surface area contributed by atoms with Gasteiger partial charge >= 0.3 is 0 Å². The minimum absolute atomic E-state index is 0.105. The molecule has 2 heterocycles. The molecule has 0 fully saturated rings. The van der Waals surface area contributed by atoms with Crippen LogP contribution in [0.5, 0.6) is 0 Å². The summed E-state index contributed by atoms with van der Waals surface area (Å²) in [6.07, 6.45) is 0. The Hall–Kier alpha value is -3.46. The summed E-state index contributed by atoms with van der Waals surface area (Å²) in [6.45, 7) is 4.18. The fraction of sp³-hybridized carbons (Fsp3) is 0.150. The van der Waals surface area contributed by atoms with E-state index < -0.39 is 0 Å². The van der Waals surface area contributed by atoms with Gasteiger partial charge in [-0.05, 0) is 37.1 Å². The lowest BCUT2D eigenvalue weighted by Gasteiger charge is -2.12. The Kier molecular flexibility index (Phi) is 5.13. The van der Waals surface area contributed by atoms with E-state index in [1.807, 2.05) is 34.9 Å². The quantitative estimate of drug-likeness (QED) is 0.486. The molecule has 0 saturated heterocycles. The molecule has 8 nitrogen and oxygen atoms in total. The molecule has 0 saturated carbocycles. The zero-order valence-corrected chi connectivity index (χ0v) is 16.9. The maximum Gasteiger partial charge on any atom is 0.225 e. The third kappa shape index (κ3) is 4.04. The van der Waals surface area contributed by atoms with Crippen molar-refractivity contribution in [2.24, 2.45) is 0 Å². The maximum absolute atomic E-state index is 5.68.